The van der Waals surface area contributed by atoms with Crippen LogP contribution in [0.3, 0.4) is 0 Å². The van der Waals surface area contributed by atoms with Gasteiger partial charge in [-0.15, -0.1) is 0 Å². The average molecular weight is 171 g/mol. The Hall–Kier alpha value is -0.585. The van der Waals surface area contributed by atoms with Crippen molar-refractivity contribution in [3.05, 3.63) is 0 Å². The summed E-state index contributed by atoms with van der Waals surface area (Å²) < 4.78 is 9.12. The molecule has 0 amide bonds. The highest BCUT2D eigenvalue weighted by molar-refractivity contribution is 6.07. The van der Waals surface area contributed by atoms with Crippen LogP contribution in [0.2, 0.25) is 0 Å². The highest BCUT2D eigenvalue weighted by Crippen LogP contribution is 2.24. The van der Waals surface area contributed by atoms with Crippen LogP contribution >= 0.6 is 0 Å². The van der Waals surface area contributed by atoms with E-state index in [0.29, 0.717) is 26.1 Å². The van der Waals surface area contributed by atoms with E-state index in [2.05, 4.69) is 9.49 Å². The average Bonchev–Trinajstić information content (AvgIpc) is 2.17. The van der Waals surface area contributed by atoms with E-state index in [1.165, 1.54) is 0 Å². The molecule has 1 saturated heterocycles. The molecule has 2 N–H and O–H groups in total. The molecule has 1 aliphatic heterocycles. The molecule has 1 aliphatic rings. The summed E-state index contributed by atoms with van der Waals surface area (Å²) in [4.78, 5) is 15.7. The van der Waals surface area contributed by atoms with Gasteiger partial charge in [-0.2, -0.15) is 0 Å². The third kappa shape index (κ3) is 1.60. The zero-order valence-electron chi connectivity index (χ0n) is 6.62. The normalized spacial score (nSPS) is 21.8. The Bertz CT molecular complexity index is 169. The summed E-state index contributed by atoms with van der Waals surface area (Å²) in [7, 11) is 4.74. The van der Waals surface area contributed by atoms with Crippen LogP contribution in [0.4, 0.5) is 0 Å². The second-order valence-corrected chi connectivity index (χ2v) is 2.63. The fourth-order valence-corrected chi connectivity index (χ4v) is 1.18. The maximum absolute atomic E-state index is 11.1. The molecule has 0 aliphatic carbocycles. The van der Waals surface area contributed by atoms with E-state index in [-0.39, 0.29) is 0 Å². The zero-order valence-corrected chi connectivity index (χ0v) is 6.62. The number of hydrogen-bond donors (Lipinski definition) is 1. The number of rotatable bonds is 2. The first-order valence-corrected chi connectivity index (χ1v) is 3.62. The zero-order chi connectivity index (χ0) is 9.03. The molecule has 0 spiro atoms. The molecule has 2 radical (unpaired) electrons. The van der Waals surface area contributed by atoms with E-state index in [9.17, 15) is 4.79 Å². The van der Waals surface area contributed by atoms with Crippen molar-refractivity contribution in [3.8, 4) is 0 Å². The molecule has 1 fully saturated rings. The van der Waals surface area contributed by atoms with Gasteiger partial charge in [0.05, 0.1) is 0 Å². The van der Waals surface area contributed by atoms with Crippen LogP contribution in [0.5, 0.6) is 0 Å². The van der Waals surface area contributed by atoms with Crippen LogP contribution in [-0.4, -0.2) is 32.8 Å². The van der Waals surface area contributed by atoms with Gasteiger partial charge >= 0.3 is 14.0 Å². The minimum atomic E-state index is -1.10. The lowest BCUT2D eigenvalue weighted by Crippen LogP contribution is -2.48. The van der Waals surface area contributed by atoms with Gasteiger partial charge in [-0.25, -0.2) is 5.90 Å². The van der Waals surface area contributed by atoms with Crippen molar-refractivity contribution >= 4 is 14.0 Å². The van der Waals surface area contributed by atoms with Crippen LogP contribution in [0.15, 0.2) is 0 Å². The van der Waals surface area contributed by atoms with Crippen molar-refractivity contribution in [3.63, 3.8) is 0 Å². The van der Waals surface area contributed by atoms with Crippen molar-refractivity contribution < 1.29 is 19.0 Å². The maximum atomic E-state index is 11.1. The monoisotopic (exact) mass is 171 g/mol. The Labute approximate surface area is 71.5 Å². The number of nitrogens with two attached hydrogens (primary N) is 1. The fourth-order valence-electron chi connectivity index (χ4n) is 1.18. The quantitative estimate of drug-likeness (QED) is 0.428. The standard InChI is InChI=1S/C6H10BNO4/c7-11-5(9)6(12-8)1-3-10-4-2-6/h1-4,8H2. The molecule has 0 aromatic heterocycles. The summed E-state index contributed by atoms with van der Waals surface area (Å²) in [6.07, 6.45) is 0.749. The molecule has 0 aromatic rings. The first-order chi connectivity index (χ1) is 5.75. The van der Waals surface area contributed by atoms with Gasteiger partial charge in [-0.05, 0) is 0 Å². The fraction of sp³-hybridized carbons (Fsp3) is 0.833. The predicted molar refractivity (Wildman–Crippen MR) is 39.9 cm³/mol. The summed E-state index contributed by atoms with van der Waals surface area (Å²) in [6.45, 7) is 0.846. The Morgan fingerprint density at radius 2 is 2.08 bits per heavy atom. The van der Waals surface area contributed by atoms with E-state index in [0.717, 1.165) is 0 Å². The summed E-state index contributed by atoms with van der Waals surface area (Å²) in [6, 6.07) is 0. The Morgan fingerprint density at radius 3 is 2.50 bits per heavy atom. The Balaban J connectivity index is 2.66. The summed E-state index contributed by atoms with van der Waals surface area (Å²) >= 11 is 0. The van der Waals surface area contributed by atoms with Gasteiger partial charge in [0.2, 0.25) is 0 Å². The van der Waals surface area contributed by atoms with Crippen LogP contribution in [0.1, 0.15) is 12.8 Å². The van der Waals surface area contributed by atoms with Gasteiger partial charge < -0.3 is 9.39 Å². The van der Waals surface area contributed by atoms with Crippen LogP contribution in [0.25, 0.3) is 0 Å². The van der Waals surface area contributed by atoms with Gasteiger partial charge in [-0.3, -0.25) is 9.63 Å². The third-order valence-electron chi connectivity index (χ3n) is 2.01. The molecule has 1 heterocycles. The van der Waals surface area contributed by atoms with E-state index >= 15 is 0 Å². The van der Waals surface area contributed by atoms with E-state index in [4.69, 9.17) is 18.7 Å². The van der Waals surface area contributed by atoms with Gasteiger partial charge in [0.1, 0.15) is 0 Å². The molecule has 66 valence electrons. The summed E-state index contributed by atoms with van der Waals surface area (Å²) in [5, 5.41) is 0. The summed E-state index contributed by atoms with van der Waals surface area (Å²) in [5.74, 6) is 4.36. The van der Waals surface area contributed by atoms with Gasteiger partial charge in [-0.1, -0.05) is 0 Å². The van der Waals surface area contributed by atoms with Crippen molar-refractivity contribution in [2.75, 3.05) is 13.2 Å². The lowest BCUT2D eigenvalue weighted by molar-refractivity contribution is -0.176. The van der Waals surface area contributed by atoms with Gasteiger partial charge in [0.15, 0.2) is 5.60 Å². The highest BCUT2D eigenvalue weighted by atomic mass is 16.7. The largest absolute Gasteiger partial charge is 0.541 e. The van der Waals surface area contributed by atoms with Crippen molar-refractivity contribution in [1.29, 1.82) is 0 Å². The van der Waals surface area contributed by atoms with Crippen molar-refractivity contribution in [2.45, 2.75) is 18.4 Å². The molecule has 0 atom stereocenters. The third-order valence-corrected chi connectivity index (χ3v) is 2.01. The lowest BCUT2D eigenvalue weighted by Gasteiger charge is -2.31. The Kier molecular flexibility index (Phi) is 3.08. The number of carbonyl (C=O) groups is 1. The first kappa shape index (κ1) is 9.50. The second kappa shape index (κ2) is 3.89. The molecule has 5 nitrogen and oxygen atoms in total. The van der Waals surface area contributed by atoms with Crippen LogP contribution < -0.4 is 5.90 Å². The molecular formula is C6H10BNO4. The second-order valence-electron chi connectivity index (χ2n) is 2.63. The number of ether oxygens (including phenoxy) is 1. The topological polar surface area (TPSA) is 70.8 Å². The summed E-state index contributed by atoms with van der Waals surface area (Å²) in [5.41, 5.74) is -1.10. The van der Waals surface area contributed by atoms with Crippen LogP contribution in [0, 0.1) is 0 Å². The molecule has 1 rings (SSSR count). The first-order valence-electron chi connectivity index (χ1n) is 3.62. The molecule has 6 heteroatoms. The van der Waals surface area contributed by atoms with Crippen LogP contribution in [-0.2, 0) is 19.0 Å². The van der Waals surface area contributed by atoms with Gasteiger partial charge in [0.25, 0.3) is 0 Å². The molecular weight excluding hydrogens is 161 g/mol. The smallest absolute Gasteiger partial charge is 0.378 e. The molecule has 0 unspecified atom stereocenters. The Morgan fingerprint density at radius 1 is 1.50 bits per heavy atom. The van der Waals surface area contributed by atoms with Gasteiger partial charge in [0, 0.05) is 26.1 Å². The van der Waals surface area contributed by atoms with E-state index in [1.54, 1.807) is 0 Å². The van der Waals surface area contributed by atoms with Crippen molar-refractivity contribution in [1.82, 2.24) is 0 Å². The molecule has 12 heavy (non-hydrogen) atoms. The SMILES string of the molecule is [B]OC(=O)C1(ON)CCOCC1. The minimum absolute atomic E-state index is 0.375. The molecule has 0 saturated carbocycles. The molecule has 0 aromatic carbocycles. The lowest BCUT2D eigenvalue weighted by atomic mass is 9.94. The van der Waals surface area contributed by atoms with Crippen molar-refractivity contribution in [2.24, 2.45) is 5.90 Å². The van der Waals surface area contributed by atoms with E-state index < -0.39 is 11.6 Å². The minimum Gasteiger partial charge on any atom is -0.541 e. The predicted octanol–water partition coefficient (Wildman–Crippen LogP) is -0.947. The number of hydrogen-bond acceptors (Lipinski definition) is 5. The molecule has 0 bridgehead atoms. The van der Waals surface area contributed by atoms with E-state index in [1.807, 2.05) is 0 Å². The maximum Gasteiger partial charge on any atom is 0.378 e. The number of carbonyl (C=O) groups excluding carboxylic acids is 1. The highest BCUT2D eigenvalue weighted by Gasteiger charge is 2.41.